The first-order valence-electron chi connectivity index (χ1n) is 6.96. The summed E-state index contributed by atoms with van der Waals surface area (Å²) in [6.45, 7) is 4.12. The van der Waals surface area contributed by atoms with Gasteiger partial charge in [0.25, 0.3) is 0 Å². The Morgan fingerprint density at radius 3 is 1.90 bits per heavy atom. The molecule has 2 nitrogen and oxygen atoms in total. The number of hydrogen-bond acceptors (Lipinski definition) is 2. The topological polar surface area (TPSA) is 26.3 Å². The molecule has 1 fully saturated rings. The summed E-state index contributed by atoms with van der Waals surface area (Å²) in [5.41, 5.74) is 4.69. The van der Waals surface area contributed by atoms with Gasteiger partial charge in [0.1, 0.15) is 6.10 Å². The van der Waals surface area contributed by atoms with Gasteiger partial charge < -0.3 is 4.74 Å². The highest BCUT2D eigenvalue weighted by Crippen LogP contribution is 2.42. The van der Waals surface area contributed by atoms with Crippen molar-refractivity contribution in [2.75, 3.05) is 0 Å². The number of esters is 1. The number of carbonyl (C=O) groups excluding carboxylic acids is 1. The summed E-state index contributed by atoms with van der Waals surface area (Å²) in [6, 6.07) is 16.6. The maximum atomic E-state index is 11.7. The standard InChI is InChI=1S/C18H18O2/c1-12-3-7-14(8-4-12)16-11-17(19)20-18(16)15-9-5-13(2)6-10-15/h3-10,16,18H,11H2,1-2H3/t16-,18-/m0/s1. The van der Waals surface area contributed by atoms with Crippen LogP contribution >= 0.6 is 0 Å². The van der Waals surface area contributed by atoms with Crippen molar-refractivity contribution in [2.45, 2.75) is 32.3 Å². The molecule has 0 amide bonds. The predicted octanol–water partition coefficient (Wildman–Crippen LogP) is 4.08. The molecule has 1 heterocycles. The molecule has 2 aromatic rings. The normalized spacial score (nSPS) is 21.8. The zero-order valence-electron chi connectivity index (χ0n) is 11.8. The molecule has 0 bridgehead atoms. The lowest BCUT2D eigenvalue weighted by atomic mass is 9.88. The van der Waals surface area contributed by atoms with Crippen LogP contribution in [0.25, 0.3) is 0 Å². The van der Waals surface area contributed by atoms with Gasteiger partial charge in [-0.15, -0.1) is 0 Å². The molecule has 0 saturated carbocycles. The molecule has 2 atom stereocenters. The first-order valence-corrected chi connectivity index (χ1v) is 6.96. The van der Waals surface area contributed by atoms with Crippen LogP contribution in [0.1, 0.15) is 40.7 Å². The maximum absolute atomic E-state index is 11.7. The van der Waals surface area contributed by atoms with E-state index in [9.17, 15) is 4.79 Å². The van der Waals surface area contributed by atoms with Crippen molar-refractivity contribution >= 4 is 5.97 Å². The van der Waals surface area contributed by atoms with E-state index < -0.39 is 0 Å². The van der Waals surface area contributed by atoms with Crippen LogP contribution in [-0.4, -0.2) is 5.97 Å². The van der Waals surface area contributed by atoms with Crippen LogP contribution in [0.2, 0.25) is 0 Å². The molecule has 0 unspecified atom stereocenters. The van der Waals surface area contributed by atoms with E-state index in [1.807, 2.05) is 0 Å². The molecule has 0 aromatic heterocycles. The Kier molecular flexibility index (Phi) is 3.31. The Morgan fingerprint density at radius 2 is 1.35 bits per heavy atom. The fourth-order valence-corrected chi connectivity index (χ4v) is 2.72. The van der Waals surface area contributed by atoms with Crippen LogP contribution in [0.4, 0.5) is 0 Å². The van der Waals surface area contributed by atoms with Crippen molar-refractivity contribution in [1.82, 2.24) is 0 Å². The third kappa shape index (κ3) is 2.46. The maximum Gasteiger partial charge on any atom is 0.307 e. The third-order valence-corrected chi connectivity index (χ3v) is 3.92. The van der Waals surface area contributed by atoms with E-state index in [0.29, 0.717) is 6.42 Å². The van der Waals surface area contributed by atoms with E-state index in [4.69, 9.17) is 4.74 Å². The van der Waals surface area contributed by atoms with Crippen molar-refractivity contribution in [3.8, 4) is 0 Å². The van der Waals surface area contributed by atoms with Crippen molar-refractivity contribution in [3.05, 3.63) is 70.8 Å². The molecule has 1 aliphatic heterocycles. The number of aryl methyl sites for hydroxylation is 2. The summed E-state index contributed by atoms with van der Waals surface area (Å²) >= 11 is 0. The van der Waals surface area contributed by atoms with Crippen molar-refractivity contribution in [1.29, 1.82) is 0 Å². The molecular weight excluding hydrogens is 248 g/mol. The Labute approximate surface area is 119 Å². The van der Waals surface area contributed by atoms with Gasteiger partial charge >= 0.3 is 5.97 Å². The van der Waals surface area contributed by atoms with Gasteiger partial charge in [-0.25, -0.2) is 0 Å². The minimum atomic E-state index is -0.161. The smallest absolute Gasteiger partial charge is 0.307 e. The first kappa shape index (κ1) is 12.9. The van der Waals surface area contributed by atoms with Crippen molar-refractivity contribution in [3.63, 3.8) is 0 Å². The molecule has 0 aliphatic carbocycles. The van der Waals surface area contributed by atoms with Crippen LogP contribution in [0, 0.1) is 13.8 Å². The Morgan fingerprint density at radius 1 is 0.850 bits per heavy atom. The minimum absolute atomic E-state index is 0.110. The molecule has 1 aliphatic rings. The van der Waals surface area contributed by atoms with E-state index in [-0.39, 0.29) is 18.0 Å². The number of rotatable bonds is 2. The summed E-state index contributed by atoms with van der Waals surface area (Å²) in [5.74, 6) is 0.00644. The molecule has 0 radical (unpaired) electrons. The number of carbonyl (C=O) groups is 1. The zero-order valence-corrected chi connectivity index (χ0v) is 11.8. The highest BCUT2D eigenvalue weighted by atomic mass is 16.5. The number of benzene rings is 2. The second-order valence-corrected chi connectivity index (χ2v) is 5.54. The second kappa shape index (κ2) is 5.12. The molecule has 1 saturated heterocycles. The Bertz CT molecular complexity index is 555. The summed E-state index contributed by atoms with van der Waals surface area (Å²) in [6.07, 6.45) is 0.299. The van der Waals surface area contributed by atoms with Gasteiger partial charge in [0, 0.05) is 5.92 Å². The fourth-order valence-electron chi connectivity index (χ4n) is 2.72. The molecule has 2 heteroatoms. The average molecular weight is 266 g/mol. The summed E-state index contributed by atoms with van der Waals surface area (Å²) in [5, 5.41) is 0. The van der Waals surface area contributed by atoms with Crippen LogP contribution in [0.15, 0.2) is 48.5 Å². The van der Waals surface area contributed by atoms with Crippen LogP contribution in [0.3, 0.4) is 0 Å². The largest absolute Gasteiger partial charge is 0.457 e. The molecule has 0 N–H and O–H groups in total. The molecule has 0 spiro atoms. The lowest BCUT2D eigenvalue weighted by molar-refractivity contribution is -0.141. The minimum Gasteiger partial charge on any atom is -0.457 e. The predicted molar refractivity (Wildman–Crippen MR) is 78.5 cm³/mol. The third-order valence-electron chi connectivity index (χ3n) is 3.92. The van der Waals surface area contributed by atoms with Crippen LogP contribution < -0.4 is 0 Å². The van der Waals surface area contributed by atoms with E-state index in [1.165, 1.54) is 16.7 Å². The molecule has 102 valence electrons. The van der Waals surface area contributed by atoms with Gasteiger partial charge in [-0.2, -0.15) is 0 Å². The van der Waals surface area contributed by atoms with Crippen LogP contribution in [-0.2, 0) is 9.53 Å². The van der Waals surface area contributed by atoms with E-state index in [2.05, 4.69) is 62.4 Å². The molecule has 20 heavy (non-hydrogen) atoms. The Hall–Kier alpha value is -2.09. The van der Waals surface area contributed by atoms with Gasteiger partial charge in [-0.3, -0.25) is 4.79 Å². The average Bonchev–Trinajstić information content (AvgIpc) is 2.82. The van der Waals surface area contributed by atoms with Gasteiger partial charge in [0.05, 0.1) is 6.42 Å². The first-order chi connectivity index (χ1) is 9.63. The fraction of sp³-hybridized carbons (Fsp3) is 0.278. The van der Waals surface area contributed by atoms with Gasteiger partial charge in [0.2, 0.25) is 0 Å². The van der Waals surface area contributed by atoms with Crippen LogP contribution in [0.5, 0.6) is 0 Å². The molecule has 3 rings (SSSR count). The zero-order chi connectivity index (χ0) is 14.1. The Balaban J connectivity index is 1.94. The summed E-state index contributed by atoms with van der Waals surface area (Å²) < 4.78 is 5.55. The lowest BCUT2D eigenvalue weighted by Gasteiger charge is -2.18. The van der Waals surface area contributed by atoms with Gasteiger partial charge in [0.15, 0.2) is 0 Å². The van der Waals surface area contributed by atoms with Crippen molar-refractivity contribution in [2.24, 2.45) is 0 Å². The highest BCUT2D eigenvalue weighted by molar-refractivity contribution is 5.74. The number of cyclic esters (lactones) is 1. The highest BCUT2D eigenvalue weighted by Gasteiger charge is 2.36. The summed E-state index contributed by atoms with van der Waals surface area (Å²) in [4.78, 5) is 11.7. The van der Waals surface area contributed by atoms with E-state index in [0.717, 1.165) is 5.56 Å². The quantitative estimate of drug-likeness (QED) is 0.766. The van der Waals surface area contributed by atoms with Gasteiger partial charge in [-0.05, 0) is 25.0 Å². The molecule has 2 aromatic carbocycles. The SMILES string of the molecule is Cc1ccc([C@@H]2CC(=O)O[C@H]2c2ccc(C)cc2)cc1. The molecular formula is C18H18O2. The van der Waals surface area contributed by atoms with Crippen molar-refractivity contribution < 1.29 is 9.53 Å². The number of hydrogen-bond donors (Lipinski definition) is 0. The summed E-state index contributed by atoms with van der Waals surface area (Å²) in [7, 11) is 0. The van der Waals surface area contributed by atoms with E-state index >= 15 is 0 Å². The monoisotopic (exact) mass is 266 g/mol. The van der Waals surface area contributed by atoms with Gasteiger partial charge in [-0.1, -0.05) is 59.7 Å². The number of ether oxygens (including phenoxy) is 1. The van der Waals surface area contributed by atoms with E-state index in [1.54, 1.807) is 0 Å². The lowest BCUT2D eigenvalue weighted by Crippen LogP contribution is -2.06. The second-order valence-electron chi connectivity index (χ2n) is 5.54.